The summed E-state index contributed by atoms with van der Waals surface area (Å²) in [5.41, 5.74) is 1.46. The molecule has 0 radical (unpaired) electrons. The Labute approximate surface area is 154 Å². The van der Waals surface area contributed by atoms with E-state index in [1.54, 1.807) is 45.3 Å². The molecule has 2 aromatic rings. The van der Waals surface area contributed by atoms with E-state index in [1.807, 2.05) is 42.5 Å². The van der Waals surface area contributed by atoms with E-state index in [-0.39, 0.29) is 18.4 Å². The summed E-state index contributed by atoms with van der Waals surface area (Å²) in [4.78, 5) is 28.3. The van der Waals surface area contributed by atoms with Crippen LogP contribution in [0.1, 0.15) is 11.6 Å². The fraction of sp³-hybridized carbons (Fsp3) is 0.300. The van der Waals surface area contributed by atoms with E-state index in [2.05, 4.69) is 5.32 Å². The molecule has 1 N–H and O–H groups in total. The second kappa shape index (κ2) is 9.01. The number of likely N-dealkylation sites (N-methyl/N-ethyl adjacent to an activating group) is 2. The molecule has 0 aliphatic carbocycles. The molecule has 0 fully saturated rings. The molecule has 0 aliphatic heterocycles. The fourth-order valence-electron chi connectivity index (χ4n) is 2.60. The highest BCUT2D eigenvalue weighted by Gasteiger charge is 2.27. The molecular weight excluding hydrogens is 330 g/mol. The van der Waals surface area contributed by atoms with Crippen LogP contribution in [-0.4, -0.2) is 56.4 Å². The fourth-order valence-corrected chi connectivity index (χ4v) is 2.60. The lowest BCUT2D eigenvalue weighted by atomic mass is 10.0. The Morgan fingerprint density at radius 2 is 1.73 bits per heavy atom. The topological polar surface area (TPSA) is 61.9 Å². The zero-order valence-corrected chi connectivity index (χ0v) is 15.6. The minimum Gasteiger partial charge on any atom is -0.497 e. The normalized spacial score (nSPS) is 11.7. The average molecular weight is 355 g/mol. The van der Waals surface area contributed by atoms with Crippen molar-refractivity contribution in [1.82, 2.24) is 9.80 Å². The molecule has 2 amide bonds. The van der Waals surface area contributed by atoms with Crippen LogP contribution >= 0.6 is 0 Å². The van der Waals surface area contributed by atoms with Gasteiger partial charge in [-0.2, -0.15) is 0 Å². The van der Waals surface area contributed by atoms with Gasteiger partial charge < -0.3 is 15.0 Å². The third-order valence-corrected chi connectivity index (χ3v) is 4.03. The minimum atomic E-state index is -0.591. The van der Waals surface area contributed by atoms with Gasteiger partial charge in [0.25, 0.3) is 0 Å². The van der Waals surface area contributed by atoms with Gasteiger partial charge in [-0.15, -0.1) is 0 Å². The molecule has 2 aromatic carbocycles. The number of amides is 2. The Morgan fingerprint density at radius 3 is 2.35 bits per heavy atom. The van der Waals surface area contributed by atoms with Crippen molar-refractivity contribution >= 4 is 17.5 Å². The monoisotopic (exact) mass is 355 g/mol. The lowest BCUT2D eigenvalue weighted by Gasteiger charge is -2.28. The molecule has 26 heavy (non-hydrogen) atoms. The van der Waals surface area contributed by atoms with E-state index in [4.69, 9.17) is 4.74 Å². The molecule has 6 nitrogen and oxygen atoms in total. The smallest absolute Gasteiger partial charge is 0.246 e. The van der Waals surface area contributed by atoms with Crippen molar-refractivity contribution in [3.05, 3.63) is 60.2 Å². The predicted octanol–water partition coefficient (Wildman–Crippen LogP) is 2.40. The Bertz CT molecular complexity index is 747. The third-order valence-electron chi connectivity index (χ3n) is 4.03. The van der Waals surface area contributed by atoms with Crippen molar-refractivity contribution in [1.29, 1.82) is 0 Å². The first-order valence-electron chi connectivity index (χ1n) is 8.32. The second-order valence-electron chi connectivity index (χ2n) is 6.24. The van der Waals surface area contributed by atoms with Gasteiger partial charge in [-0.05, 0) is 24.7 Å². The molecule has 2 rings (SSSR count). The molecule has 0 spiro atoms. The summed E-state index contributed by atoms with van der Waals surface area (Å²) < 4.78 is 5.20. The summed E-state index contributed by atoms with van der Waals surface area (Å²) in [5.74, 6) is 0.385. The van der Waals surface area contributed by atoms with E-state index in [0.717, 1.165) is 5.56 Å². The number of carbonyl (C=O) groups is 2. The summed E-state index contributed by atoms with van der Waals surface area (Å²) in [7, 11) is 6.74. The van der Waals surface area contributed by atoms with Crippen LogP contribution in [0.5, 0.6) is 5.75 Å². The van der Waals surface area contributed by atoms with Crippen molar-refractivity contribution in [3.8, 4) is 5.75 Å². The Balaban J connectivity index is 2.25. The van der Waals surface area contributed by atoms with Crippen LogP contribution in [0.25, 0.3) is 0 Å². The van der Waals surface area contributed by atoms with Gasteiger partial charge in [0.15, 0.2) is 0 Å². The van der Waals surface area contributed by atoms with Crippen LogP contribution in [0.3, 0.4) is 0 Å². The Morgan fingerprint density at radius 1 is 1.04 bits per heavy atom. The van der Waals surface area contributed by atoms with Crippen LogP contribution in [0.2, 0.25) is 0 Å². The molecule has 0 bridgehead atoms. The molecule has 0 saturated heterocycles. The van der Waals surface area contributed by atoms with Crippen LogP contribution in [0.15, 0.2) is 54.6 Å². The van der Waals surface area contributed by atoms with Gasteiger partial charge in [-0.1, -0.05) is 36.4 Å². The second-order valence-corrected chi connectivity index (χ2v) is 6.24. The van der Waals surface area contributed by atoms with Crippen molar-refractivity contribution in [2.75, 3.05) is 40.1 Å². The lowest BCUT2D eigenvalue weighted by Crippen LogP contribution is -2.41. The predicted molar refractivity (Wildman–Crippen MR) is 102 cm³/mol. The summed E-state index contributed by atoms with van der Waals surface area (Å²) in [6.07, 6.45) is 0. The van der Waals surface area contributed by atoms with Gasteiger partial charge in [0, 0.05) is 25.8 Å². The van der Waals surface area contributed by atoms with Crippen LogP contribution in [0.4, 0.5) is 5.69 Å². The SMILES string of the molecule is COc1cccc(NC(=O)C(c2ccccc2)N(C)CC(=O)N(C)C)c1. The maximum atomic E-state index is 13.0. The molecule has 0 aliphatic rings. The number of nitrogens with zero attached hydrogens (tertiary/aromatic N) is 2. The van der Waals surface area contributed by atoms with Crippen molar-refractivity contribution < 1.29 is 14.3 Å². The summed E-state index contributed by atoms with van der Waals surface area (Å²) in [6, 6.07) is 16.0. The summed E-state index contributed by atoms with van der Waals surface area (Å²) in [5, 5.41) is 2.91. The van der Waals surface area contributed by atoms with Gasteiger partial charge in [0.05, 0.1) is 13.7 Å². The summed E-state index contributed by atoms with van der Waals surface area (Å²) in [6.45, 7) is 0.137. The van der Waals surface area contributed by atoms with Gasteiger partial charge in [-0.25, -0.2) is 0 Å². The number of hydrogen-bond acceptors (Lipinski definition) is 4. The number of methoxy groups -OCH3 is 1. The number of carbonyl (C=O) groups excluding carboxylic acids is 2. The zero-order chi connectivity index (χ0) is 19.1. The highest BCUT2D eigenvalue weighted by molar-refractivity contribution is 5.96. The first-order valence-corrected chi connectivity index (χ1v) is 8.32. The number of hydrogen-bond donors (Lipinski definition) is 1. The lowest BCUT2D eigenvalue weighted by molar-refractivity contribution is -0.131. The average Bonchev–Trinajstić information content (AvgIpc) is 2.62. The van der Waals surface area contributed by atoms with E-state index < -0.39 is 6.04 Å². The van der Waals surface area contributed by atoms with Gasteiger partial charge in [-0.3, -0.25) is 14.5 Å². The Kier molecular flexibility index (Phi) is 6.74. The minimum absolute atomic E-state index is 0.0670. The quantitative estimate of drug-likeness (QED) is 0.828. The first-order chi connectivity index (χ1) is 12.4. The van der Waals surface area contributed by atoms with E-state index in [0.29, 0.717) is 11.4 Å². The van der Waals surface area contributed by atoms with E-state index >= 15 is 0 Å². The zero-order valence-electron chi connectivity index (χ0n) is 15.6. The van der Waals surface area contributed by atoms with Crippen molar-refractivity contribution in [2.24, 2.45) is 0 Å². The number of ether oxygens (including phenoxy) is 1. The van der Waals surface area contributed by atoms with Crippen LogP contribution in [0, 0.1) is 0 Å². The van der Waals surface area contributed by atoms with Gasteiger partial charge >= 0.3 is 0 Å². The molecular formula is C20H25N3O3. The molecule has 1 unspecified atom stereocenters. The Hall–Kier alpha value is -2.86. The molecule has 138 valence electrons. The first kappa shape index (κ1) is 19.5. The number of anilines is 1. The number of nitrogens with one attached hydrogen (secondary N) is 1. The van der Waals surface area contributed by atoms with E-state index in [9.17, 15) is 9.59 Å². The highest BCUT2D eigenvalue weighted by atomic mass is 16.5. The highest BCUT2D eigenvalue weighted by Crippen LogP contribution is 2.23. The standard InChI is InChI=1S/C20H25N3O3/c1-22(2)18(24)14-23(3)19(15-9-6-5-7-10-15)20(25)21-16-11-8-12-17(13-16)26-4/h5-13,19H,14H2,1-4H3,(H,21,25). The van der Waals surface area contributed by atoms with Crippen molar-refractivity contribution in [2.45, 2.75) is 6.04 Å². The molecule has 0 aromatic heterocycles. The van der Waals surface area contributed by atoms with Gasteiger partial charge in [0.1, 0.15) is 11.8 Å². The molecule has 0 heterocycles. The molecule has 1 atom stereocenters. The van der Waals surface area contributed by atoms with Crippen LogP contribution < -0.4 is 10.1 Å². The molecule has 6 heteroatoms. The molecule has 0 saturated carbocycles. The summed E-state index contributed by atoms with van der Waals surface area (Å²) >= 11 is 0. The van der Waals surface area contributed by atoms with Crippen molar-refractivity contribution in [3.63, 3.8) is 0 Å². The maximum absolute atomic E-state index is 13.0. The van der Waals surface area contributed by atoms with Gasteiger partial charge in [0.2, 0.25) is 11.8 Å². The largest absolute Gasteiger partial charge is 0.497 e. The number of benzene rings is 2. The van der Waals surface area contributed by atoms with Crippen LogP contribution in [-0.2, 0) is 9.59 Å². The maximum Gasteiger partial charge on any atom is 0.246 e. The number of rotatable bonds is 7. The van der Waals surface area contributed by atoms with E-state index in [1.165, 1.54) is 4.90 Å². The third kappa shape index (κ3) is 5.07.